The van der Waals surface area contributed by atoms with Crippen molar-refractivity contribution in [1.29, 1.82) is 0 Å². The number of halogens is 1. The Morgan fingerprint density at radius 2 is 2.09 bits per heavy atom. The van der Waals surface area contributed by atoms with E-state index in [-0.39, 0.29) is 11.9 Å². The number of rotatable bonds is 10. The van der Waals surface area contributed by atoms with Crippen molar-refractivity contribution >= 4 is 40.7 Å². The van der Waals surface area contributed by atoms with Crippen molar-refractivity contribution in [2.75, 3.05) is 24.6 Å². The molecule has 1 saturated heterocycles. The lowest BCUT2D eigenvalue weighted by Crippen LogP contribution is -2.31. The summed E-state index contributed by atoms with van der Waals surface area (Å²) >= 11 is 7.72. The van der Waals surface area contributed by atoms with Crippen LogP contribution in [0.2, 0.25) is 5.02 Å². The van der Waals surface area contributed by atoms with Gasteiger partial charge in [-0.1, -0.05) is 35.9 Å². The second-order valence-electron chi connectivity index (χ2n) is 8.29. The molecule has 0 aliphatic carbocycles. The van der Waals surface area contributed by atoms with Gasteiger partial charge in [0.2, 0.25) is 0 Å². The number of hydrogen-bond acceptors (Lipinski definition) is 7. The Hall–Kier alpha value is -3.10. The smallest absolute Gasteiger partial charge is 0.279 e. The average molecular weight is 513 g/mol. The fourth-order valence-corrected chi connectivity index (χ4v) is 4.52. The fourth-order valence-electron chi connectivity index (χ4n) is 3.62. The molecule has 3 aromatic rings. The topological polar surface area (TPSA) is 76.6 Å². The lowest BCUT2D eigenvalue weighted by atomic mass is 10.2. The molecule has 1 aliphatic rings. The van der Waals surface area contributed by atoms with Gasteiger partial charge in [0.15, 0.2) is 0 Å². The minimum Gasteiger partial charge on any atom is -0.494 e. The van der Waals surface area contributed by atoms with Gasteiger partial charge < -0.3 is 19.7 Å². The molecule has 1 amide bonds. The summed E-state index contributed by atoms with van der Waals surface area (Å²) in [7, 11) is 0. The number of anilines is 1. The number of aromatic nitrogens is 2. The van der Waals surface area contributed by atoms with Crippen LogP contribution in [0.4, 0.5) is 5.82 Å². The van der Waals surface area contributed by atoms with Gasteiger partial charge in [0.25, 0.3) is 11.1 Å². The Labute approximate surface area is 214 Å². The number of pyridine rings is 1. The summed E-state index contributed by atoms with van der Waals surface area (Å²) in [6.45, 7) is 6.59. The second-order valence-corrected chi connectivity index (χ2v) is 9.72. The molecular weight excluding hydrogens is 484 g/mol. The van der Waals surface area contributed by atoms with E-state index < -0.39 is 0 Å². The number of amides is 1. The Morgan fingerprint density at radius 1 is 1.26 bits per heavy atom. The van der Waals surface area contributed by atoms with Crippen LogP contribution in [-0.4, -0.2) is 41.6 Å². The Balaban J connectivity index is 1.31. The average Bonchev–Trinajstić information content (AvgIpc) is 3.56. The van der Waals surface area contributed by atoms with Crippen LogP contribution in [0.1, 0.15) is 48.3 Å². The maximum absolute atomic E-state index is 12.7. The highest BCUT2D eigenvalue weighted by Crippen LogP contribution is 2.34. The highest BCUT2D eigenvalue weighted by molar-refractivity contribution is 7.14. The Kier molecular flexibility index (Phi) is 8.60. The molecule has 1 aliphatic heterocycles. The number of benzene rings is 1. The molecule has 1 aromatic carbocycles. The number of hydrogen-bond donors (Lipinski definition) is 1. The molecule has 3 heterocycles. The minimum atomic E-state index is -0.164. The predicted molar refractivity (Wildman–Crippen MR) is 141 cm³/mol. The zero-order chi connectivity index (χ0) is 24.6. The van der Waals surface area contributed by atoms with Gasteiger partial charge in [0.1, 0.15) is 17.3 Å². The molecule has 1 atom stereocenters. The van der Waals surface area contributed by atoms with E-state index in [1.807, 2.05) is 38.1 Å². The van der Waals surface area contributed by atoms with E-state index in [0.29, 0.717) is 33.9 Å². The Morgan fingerprint density at radius 3 is 2.86 bits per heavy atom. The van der Waals surface area contributed by atoms with Crippen LogP contribution in [0.3, 0.4) is 0 Å². The number of nitrogens with zero attached hydrogens (tertiary/aromatic N) is 3. The van der Waals surface area contributed by atoms with Gasteiger partial charge in [-0.25, -0.2) is 9.97 Å². The monoisotopic (exact) mass is 512 g/mol. The van der Waals surface area contributed by atoms with Gasteiger partial charge in [-0.05, 0) is 56.5 Å². The van der Waals surface area contributed by atoms with Crippen LogP contribution in [-0.2, 0) is 0 Å². The second kappa shape index (κ2) is 12.0. The summed E-state index contributed by atoms with van der Waals surface area (Å²) in [4.78, 5) is 24.6. The molecule has 2 aromatic heterocycles. The molecular formula is C26H29ClN4O3S. The Bertz CT molecular complexity index is 1180. The van der Waals surface area contributed by atoms with E-state index in [0.717, 1.165) is 43.0 Å². The van der Waals surface area contributed by atoms with Crippen molar-refractivity contribution in [1.82, 2.24) is 15.3 Å². The zero-order valence-corrected chi connectivity index (χ0v) is 21.4. The van der Waals surface area contributed by atoms with Crippen LogP contribution < -0.4 is 19.7 Å². The predicted octanol–water partition coefficient (Wildman–Crippen LogP) is 6.20. The van der Waals surface area contributed by atoms with E-state index >= 15 is 0 Å². The van der Waals surface area contributed by atoms with Crippen LogP contribution in [0, 0.1) is 0 Å². The molecule has 0 spiro atoms. The van der Waals surface area contributed by atoms with Crippen LogP contribution in [0.25, 0.3) is 6.08 Å². The summed E-state index contributed by atoms with van der Waals surface area (Å²) < 4.78 is 11.4. The molecule has 35 heavy (non-hydrogen) atoms. The van der Waals surface area contributed by atoms with Gasteiger partial charge in [0.05, 0.1) is 16.5 Å². The molecule has 0 unspecified atom stereocenters. The molecule has 9 heteroatoms. The third-order valence-electron chi connectivity index (χ3n) is 5.42. The standard InChI is InChI=1S/C26H29ClN4O3S/c1-3-14-33-20-7-9-23(22(27)16-20)34-26-29-17-21(35-26)8-6-18(2)30-25(32)19-10-11-28-24(15-19)31-12-4-5-13-31/h6-11,15-18H,3-5,12-14H2,1-2H3,(H,30,32)/t18-/m0/s1. The molecule has 0 radical (unpaired) electrons. The summed E-state index contributed by atoms with van der Waals surface area (Å²) in [5, 5.41) is 3.96. The number of ether oxygens (including phenoxy) is 2. The third kappa shape index (κ3) is 6.96. The van der Waals surface area contributed by atoms with Crippen molar-refractivity contribution in [2.24, 2.45) is 0 Å². The fraction of sp³-hybridized carbons (Fsp3) is 0.346. The van der Waals surface area contributed by atoms with Crippen LogP contribution in [0.15, 0.2) is 48.8 Å². The number of carbonyl (C=O) groups is 1. The summed E-state index contributed by atoms with van der Waals surface area (Å²) in [6.07, 6.45) is 10.5. The van der Waals surface area contributed by atoms with Crippen molar-refractivity contribution in [3.63, 3.8) is 0 Å². The van der Waals surface area contributed by atoms with Crippen molar-refractivity contribution in [2.45, 2.75) is 39.2 Å². The number of nitrogens with one attached hydrogen (secondary N) is 1. The van der Waals surface area contributed by atoms with Crippen LogP contribution >= 0.6 is 22.9 Å². The van der Waals surface area contributed by atoms with Gasteiger partial charge >= 0.3 is 0 Å². The van der Waals surface area contributed by atoms with E-state index in [2.05, 4.69) is 20.2 Å². The summed E-state index contributed by atoms with van der Waals surface area (Å²) in [6, 6.07) is 8.77. The zero-order valence-electron chi connectivity index (χ0n) is 19.9. The first-order valence-corrected chi connectivity index (χ1v) is 13.0. The first-order chi connectivity index (χ1) is 17.0. The van der Waals surface area contributed by atoms with Gasteiger partial charge in [-0.15, -0.1) is 0 Å². The summed E-state index contributed by atoms with van der Waals surface area (Å²) in [5.41, 5.74) is 0.610. The quantitative estimate of drug-likeness (QED) is 0.348. The molecule has 184 valence electrons. The molecule has 1 N–H and O–H groups in total. The molecule has 0 saturated carbocycles. The minimum absolute atomic E-state index is 0.126. The first-order valence-electron chi connectivity index (χ1n) is 11.8. The number of thiazole rings is 1. The van der Waals surface area contributed by atoms with Gasteiger partial charge in [0, 0.05) is 43.2 Å². The van der Waals surface area contributed by atoms with E-state index in [1.165, 1.54) is 11.3 Å². The normalized spacial score (nSPS) is 14.3. The highest BCUT2D eigenvalue weighted by Gasteiger charge is 2.16. The molecule has 0 bridgehead atoms. The van der Waals surface area contributed by atoms with Crippen molar-refractivity contribution < 1.29 is 14.3 Å². The maximum atomic E-state index is 12.7. The van der Waals surface area contributed by atoms with Gasteiger partial charge in [-0.3, -0.25) is 4.79 Å². The van der Waals surface area contributed by atoms with Crippen molar-refractivity contribution in [3.05, 3.63) is 64.3 Å². The van der Waals surface area contributed by atoms with Crippen LogP contribution in [0.5, 0.6) is 16.7 Å². The summed E-state index contributed by atoms with van der Waals surface area (Å²) in [5.74, 6) is 1.96. The number of carbonyl (C=O) groups excluding carboxylic acids is 1. The SMILES string of the molecule is CCCOc1ccc(Oc2ncc(C=C[C@H](C)NC(=O)c3ccnc(N4CCCC4)c3)s2)c(Cl)c1. The largest absolute Gasteiger partial charge is 0.494 e. The maximum Gasteiger partial charge on any atom is 0.279 e. The van der Waals surface area contributed by atoms with Gasteiger partial charge in [-0.2, -0.15) is 0 Å². The van der Waals surface area contributed by atoms with E-state index in [4.69, 9.17) is 21.1 Å². The molecule has 7 nitrogen and oxygen atoms in total. The lowest BCUT2D eigenvalue weighted by Gasteiger charge is -2.17. The van der Waals surface area contributed by atoms with Crippen molar-refractivity contribution in [3.8, 4) is 16.7 Å². The molecule has 1 fully saturated rings. The van der Waals surface area contributed by atoms with E-state index in [1.54, 1.807) is 30.6 Å². The third-order valence-corrected chi connectivity index (χ3v) is 6.56. The first kappa shape index (κ1) is 25.0. The highest BCUT2D eigenvalue weighted by atomic mass is 35.5. The van der Waals surface area contributed by atoms with E-state index in [9.17, 15) is 4.79 Å². The molecule has 4 rings (SSSR count). The lowest BCUT2D eigenvalue weighted by molar-refractivity contribution is 0.0947.